The molecule has 0 radical (unpaired) electrons. The Balaban J connectivity index is 3.48. The summed E-state index contributed by atoms with van der Waals surface area (Å²) in [7, 11) is 1.24. The zero-order valence-corrected chi connectivity index (χ0v) is 9.39. The van der Waals surface area contributed by atoms with Gasteiger partial charge in [-0.05, 0) is 19.9 Å². The number of ether oxygens (including phenoxy) is 1. The van der Waals surface area contributed by atoms with E-state index in [0.29, 0.717) is 0 Å². The predicted molar refractivity (Wildman–Crippen MR) is 54.9 cm³/mol. The van der Waals surface area contributed by atoms with Gasteiger partial charge in [0.25, 0.3) is 0 Å². The molecule has 0 aromatic heterocycles. The number of hydrogen-bond donors (Lipinski definition) is 2. The molecule has 0 heterocycles. The molecule has 1 rings (SSSR count). The van der Waals surface area contributed by atoms with Gasteiger partial charge in [-0.1, -0.05) is 11.6 Å². The highest BCUT2D eigenvalue weighted by atomic mass is 35.5. The first-order chi connectivity index (χ1) is 6.79. The average molecular weight is 235 g/mol. The molecular weight excluding hydrogens is 223 g/mol. The van der Waals surface area contributed by atoms with Gasteiger partial charge in [0.05, 0.1) is 17.7 Å². The van der Waals surface area contributed by atoms with Crippen LogP contribution in [0.3, 0.4) is 0 Å². The van der Waals surface area contributed by atoms with Crippen LogP contribution in [0.15, 0.2) is 6.07 Å². The van der Waals surface area contributed by atoms with Crippen LogP contribution >= 0.6 is 11.6 Å². The van der Waals surface area contributed by atoms with E-state index in [-0.39, 0.29) is 16.3 Å². The highest BCUT2D eigenvalue weighted by Gasteiger charge is 2.26. The molecule has 84 valence electrons. The first kappa shape index (κ1) is 12.1. The first-order valence-electron chi connectivity index (χ1n) is 4.26. The second kappa shape index (κ2) is 3.87. The summed E-state index contributed by atoms with van der Waals surface area (Å²) < 4.78 is 18.2. The molecular formula is C10H12ClFO3. The van der Waals surface area contributed by atoms with Crippen LogP contribution in [-0.4, -0.2) is 17.3 Å². The number of methoxy groups -OCH3 is 1. The molecule has 0 saturated carbocycles. The Morgan fingerprint density at radius 2 is 2.00 bits per heavy atom. The molecule has 0 amide bonds. The number of benzene rings is 1. The summed E-state index contributed by atoms with van der Waals surface area (Å²) in [6, 6.07) is 1.28. The molecule has 0 bridgehead atoms. The summed E-state index contributed by atoms with van der Waals surface area (Å²) in [5, 5.41) is 19.2. The van der Waals surface area contributed by atoms with Gasteiger partial charge in [-0.3, -0.25) is 0 Å². The summed E-state index contributed by atoms with van der Waals surface area (Å²) in [6.45, 7) is 2.84. The smallest absolute Gasteiger partial charge is 0.208 e. The standard InChI is InChI=1S/C10H12ClFO3/c1-10(2,14)5-4-6(11)9(15-3)7(12)8(5)13/h4,13-14H,1-3H3. The van der Waals surface area contributed by atoms with Gasteiger partial charge in [-0.2, -0.15) is 4.39 Å². The van der Waals surface area contributed by atoms with E-state index >= 15 is 0 Å². The van der Waals surface area contributed by atoms with Crippen LogP contribution in [0.1, 0.15) is 19.4 Å². The normalized spacial score (nSPS) is 11.6. The number of aliphatic hydroxyl groups is 1. The van der Waals surface area contributed by atoms with Crippen LogP contribution < -0.4 is 4.74 Å². The van der Waals surface area contributed by atoms with Crippen LogP contribution in [0, 0.1) is 5.82 Å². The number of hydrogen-bond acceptors (Lipinski definition) is 3. The topological polar surface area (TPSA) is 49.7 Å². The number of phenolic OH excluding ortho intramolecular Hbond substituents is 1. The van der Waals surface area contributed by atoms with Crippen molar-refractivity contribution in [2.24, 2.45) is 0 Å². The second-order valence-electron chi connectivity index (χ2n) is 3.66. The maximum absolute atomic E-state index is 13.5. The molecule has 0 aliphatic rings. The molecule has 0 atom stereocenters. The van der Waals surface area contributed by atoms with Crippen molar-refractivity contribution in [1.29, 1.82) is 0 Å². The number of halogens is 2. The summed E-state index contributed by atoms with van der Waals surface area (Å²) in [5.74, 6) is -1.85. The van der Waals surface area contributed by atoms with E-state index in [1.807, 2.05) is 0 Å². The minimum atomic E-state index is -1.37. The van der Waals surface area contributed by atoms with Crippen LogP contribution in [0.25, 0.3) is 0 Å². The number of rotatable bonds is 2. The fourth-order valence-corrected chi connectivity index (χ4v) is 1.51. The van der Waals surface area contributed by atoms with E-state index in [9.17, 15) is 14.6 Å². The number of phenols is 1. The molecule has 3 nitrogen and oxygen atoms in total. The van der Waals surface area contributed by atoms with Gasteiger partial charge in [0.1, 0.15) is 0 Å². The van der Waals surface area contributed by atoms with Crippen molar-refractivity contribution >= 4 is 11.6 Å². The molecule has 1 aromatic carbocycles. The third kappa shape index (κ3) is 2.16. The van der Waals surface area contributed by atoms with E-state index in [0.717, 1.165) is 0 Å². The van der Waals surface area contributed by atoms with Crippen molar-refractivity contribution in [2.75, 3.05) is 7.11 Å². The molecule has 0 fully saturated rings. The molecule has 0 aliphatic heterocycles. The van der Waals surface area contributed by atoms with Crippen molar-refractivity contribution in [2.45, 2.75) is 19.4 Å². The van der Waals surface area contributed by atoms with Gasteiger partial charge in [-0.25, -0.2) is 0 Å². The fraction of sp³-hybridized carbons (Fsp3) is 0.400. The zero-order valence-electron chi connectivity index (χ0n) is 8.64. The van der Waals surface area contributed by atoms with Crippen molar-refractivity contribution in [3.63, 3.8) is 0 Å². The summed E-state index contributed by atoms with van der Waals surface area (Å²) in [4.78, 5) is 0. The largest absolute Gasteiger partial charge is 0.504 e. The summed E-state index contributed by atoms with van der Waals surface area (Å²) >= 11 is 5.73. The van der Waals surface area contributed by atoms with Gasteiger partial charge in [-0.15, -0.1) is 0 Å². The van der Waals surface area contributed by atoms with E-state index in [1.165, 1.54) is 27.0 Å². The molecule has 0 spiro atoms. The summed E-state index contributed by atoms with van der Waals surface area (Å²) in [6.07, 6.45) is 0. The van der Waals surface area contributed by atoms with Gasteiger partial charge < -0.3 is 14.9 Å². The molecule has 2 N–H and O–H groups in total. The lowest BCUT2D eigenvalue weighted by Crippen LogP contribution is -2.16. The second-order valence-corrected chi connectivity index (χ2v) is 4.07. The van der Waals surface area contributed by atoms with Crippen LogP contribution in [0.2, 0.25) is 5.02 Å². The monoisotopic (exact) mass is 234 g/mol. The van der Waals surface area contributed by atoms with Gasteiger partial charge in [0.15, 0.2) is 11.5 Å². The van der Waals surface area contributed by atoms with E-state index < -0.39 is 17.2 Å². The number of aromatic hydroxyl groups is 1. The van der Waals surface area contributed by atoms with E-state index in [4.69, 9.17) is 11.6 Å². The van der Waals surface area contributed by atoms with Crippen molar-refractivity contribution in [1.82, 2.24) is 0 Å². The van der Waals surface area contributed by atoms with E-state index in [1.54, 1.807) is 0 Å². The van der Waals surface area contributed by atoms with E-state index in [2.05, 4.69) is 4.74 Å². The Morgan fingerprint density at radius 3 is 2.40 bits per heavy atom. The van der Waals surface area contributed by atoms with Gasteiger partial charge >= 0.3 is 0 Å². The lowest BCUT2D eigenvalue weighted by molar-refractivity contribution is 0.0750. The SMILES string of the molecule is COc1c(Cl)cc(C(C)(C)O)c(O)c1F. The van der Waals surface area contributed by atoms with Crippen molar-refractivity contribution in [3.8, 4) is 11.5 Å². The van der Waals surface area contributed by atoms with Crippen molar-refractivity contribution in [3.05, 3.63) is 22.5 Å². The molecule has 0 saturated heterocycles. The highest BCUT2D eigenvalue weighted by Crippen LogP contribution is 2.40. The quantitative estimate of drug-likeness (QED) is 0.826. The Bertz CT molecular complexity index is 385. The molecule has 15 heavy (non-hydrogen) atoms. The minimum Gasteiger partial charge on any atom is -0.504 e. The maximum Gasteiger partial charge on any atom is 0.208 e. The molecule has 1 aromatic rings. The summed E-state index contributed by atoms with van der Waals surface area (Å²) in [5.41, 5.74) is -1.35. The lowest BCUT2D eigenvalue weighted by atomic mass is 9.97. The van der Waals surface area contributed by atoms with Crippen LogP contribution in [0.4, 0.5) is 4.39 Å². The zero-order chi connectivity index (χ0) is 11.8. The first-order valence-corrected chi connectivity index (χ1v) is 4.64. The van der Waals surface area contributed by atoms with Crippen LogP contribution in [0.5, 0.6) is 11.5 Å². The van der Waals surface area contributed by atoms with Crippen LogP contribution in [-0.2, 0) is 5.60 Å². The third-order valence-electron chi connectivity index (χ3n) is 2.01. The Kier molecular flexibility index (Phi) is 3.11. The van der Waals surface area contributed by atoms with Gasteiger partial charge in [0, 0.05) is 5.56 Å². The Hall–Kier alpha value is -1.00. The average Bonchev–Trinajstić information content (AvgIpc) is 2.10. The third-order valence-corrected chi connectivity index (χ3v) is 2.29. The minimum absolute atomic E-state index is 0.00456. The Morgan fingerprint density at radius 1 is 1.47 bits per heavy atom. The predicted octanol–water partition coefficient (Wildman–Crippen LogP) is 2.42. The van der Waals surface area contributed by atoms with Crippen molar-refractivity contribution < 1.29 is 19.3 Å². The molecule has 5 heteroatoms. The fourth-order valence-electron chi connectivity index (χ4n) is 1.24. The Labute approximate surface area is 92.1 Å². The highest BCUT2D eigenvalue weighted by molar-refractivity contribution is 6.32. The van der Waals surface area contributed by atoms with Gasteiger partial charge in [0.2, 0.25) is 5.82 Å². The molecule has 0 unspecified atom stereocenters. The lowest BCUT2D eigenvalue weighted by Gasteiger charge is -2.20. The molecule has 0 aliphatic carbocycles. The maximum atomic E-state index is 13.5.